The Morgan fingerprint density at radius 1 is 1.03 bits per heavy atom. The third kappa shape index (κ3) is 5.02. The molecule has 1 saturated heterocycles. The van der Waals surface area contributed by atoms with Crippen molar-refractivity contribution in [3.8, 4) is 0 Å². The minimum Gasteiger partial charge on any atom is -0.479 e. The van der Waals surface area contributed by atoms with Gasteiger partial charge >= 0.3 is 0 Å². The van der Waals surface area contributed by atoms with Crippen LogP contribution < -0.4 is 5.73 Å². The summed E-state index contributed by atoms with van der Waals surface area (Å²) in [5.74, 6) is 1.72. The van der Waals surface area contributed by atoms with Crippen LogP contribution in [-0.4, -0.2) is 73.1 Å². The third-order valence-electron chi connectivity index (χ3n) is 7.14. The molecule has 1 unspecified atom stereocenters. The number of hydrogen-bond acceptors (Lipinski definition) is 6. The highest BCUT2D eigenvalue weighted by atomic mass is 16.5. The van der Waals surface area contributed by atoms with Crippen LogP contribution in [-0.2, 0) is 4.74 Å². The number of allylic oxidation sites excluding steroid dienone is 2. The Balaban J connectivity index is 1.44. The average molecular weight is 448 g/mol. The first-order valence-corrected chi connectivity index (χ1v) is 12.3. The second-order valence-electron chi connectivity index (χ2n) is 10.1. The Labute approximate surface area is 198 Å². The van der Waals surface area contributed by atoms with E-state index in [2.05, 4.69) is 78.3 Å². The topological polar surface area (TPSA) is 57.3 Å². The van der Waals surface area contributed by atoms with Crippen molar-refractivity contribution in [3.05, 3.63) is 70.8 Å². The van der Waals surface area contributed by atoms with Gasteiger partial charge in [-0.1, -0.05) is 35.9 Å². The van der Waals surface area contributed by atoms with E-state index < -0.39 is 0 Å². The molecule has 5 rings (SSSR count). The van der Waals surface area contributed by atoms with Crippen molar-refractivity contribution in [1.82, 2.24) is 14.7 Å². The number of nitrogens with two attached hydrogens (primary N) is 1. The van der Waals surface area contributed by atoms with Crippen LogP contribution in [0.2, 0.25) is 0 Å². The average Bonchev–Trinajstić information content (AvgIpc) is 3.64. The minimum absolute atomic E-state index is 0.00690. The summed E-state index contributed by atoms with van der Waals surface area (Å²) in [6, 6.07) is 9.06. The van der Waals surface area contributed by atoms with Crippen LogP contribution in [0.15, 0.2) is 64.6 Å². The summed E-state index contributed by atoms with van der Waals surface area (Å²) < 4.78 is 6.07. The Bertz CT molecular complexity index is 980. The fourth-order valence-electron chi connectivity index (χ4n) is 4.78. The first-order chi connectivity index (χ1) is 16.0. The summed E-state index contributed by atoms with van der Waals surface area (Å²) in [7, 11) is 4.25. The molecule has 6 nitrogen and oxygen atoms in total. The summed E-state index contributed by atoms with van der Waals surface area (Å²) in [4.78, 5) is 12.3. The molecule has 1 atom stereocenters. The second kappa shape index (κ2) is 9.35. The van der Waals surface area contributed by atoms with Gasteiger partial charge in [-0.05, 0) is 50.2 Å². The van der Waals surface area contributed by atoms with Crippen LogP contribution in [0.25, 0.3) is 0 Å². The van der Waals surface area contributed by atoms with Gasteiger partial charge in [0.25, 0.3) is 0 Å². The van der Waals surface area contributed by atoms with Crippen molar-refractivity contribution in [2.75, 3.05) is 40.3 Å². The molecule has 1 saturated carbocycles. The lowest BCUT2D eigenvalue weighted by Crippen LogP contribution is -2.51. The Morgan fingerprint density at radius 3 is 2.42 bits per heavy atom. The number of benzene rings is 1. The lowest BCUT2D eigenvalue weighted by atomic mass is 9.93. The Hall–Kier alpha value is -2.57. The molecule has 2 fully saturated rings. The summed E-state index contributed by atoms with van der Waals surface area (Å²) >= 11 is 0. The highest BCUT2D eigenvalue weighted by Crippen LogP contribution is 2.32. The van der Waals surface area contributed by atoms with E-state index in [1.165, 1.54) is 35.1 Å². The molecule has 176 valence electrons. The minimum atomic E-state index is 0.00690. The lowest BCUT2D eigenvalue weighted by molar-refractivity contribution is 0.0731. The number of aryl methyl sites for hydroxylation is 1. The summed E-state index contributed by atoms with van der Waals surface area (Å²) in [5.41, 5.74) is 12.1. The van der Waals surface area contributed by atoms with Crippen molar-refractivity contribution >= 4 is 5.71 Å². The molecule has 0 radical (unpaired) electrons. The standard InChI is InChI=1S/C27H37N5O/c1-19-4-8-21(9-5-19)26-24(17-31(3)27(29-26)32-14-12-23(28)13-15-32)22-10-11-25(30(2)16-22)33-18-20-6-7-20/h4-5,8-11,17,20,23,27H,6-7,12-16,18,28H2,1-3H3. The highest BCUT2D eigenvalue weighted by Gasteiger charge is 2.31. The summed E-state index contributed by atoms with van der Waals surface area (Å²) in [5, 5.41) is 0. The largest absolute Gasteiger partial charge is 0.479 e. The van der Waals surface area contributed by atoms with E-state index in [-0.39, 0.29) is 6.29 Å². The van der Waals surface area contributed by atoms with E-state index in [0.29, 0.717) is 6.04 Å². The van der Waals surface area contributed by atoms with E-state index >= 15 is 0 Å². The van der Waals surface area contributed by atoms with Gasteiger partial charge in [0.05, 0.1) is 12.3 Å². The maximum atomic E-state index is 6.16. The van der Waals surface area contributed by atoms with Crippen molar-refractivity contribution in [3.63, 3.8) is 0 Å². The first-order valence-electron chi connectivity index (χ1n) is 12.3. The van der Waals surface area contributed by atoms with Gasteiger partial charge in [-0.2, -0.15) is 0 Å². The third-order valence-corrected chi connectivity index (χ3v) is 7.14. The smallest absolute Gasteiger partial charge is 0.189 e. The second-order valence-corrected chi connectivity index (χ2v) is 10.1. The van der Waals surface area contributed by atoms with Crippen LogP contribution in [0.3, 0.4) is 0 Å². The lowest BCUT2D eigenvalue weighted by Gasteiger charge is -2.41. The van der Waals surface area contributed by atoms with E-state index in [4.69, 9.17) is 15.5 Å². The summed E-state index contributed by atoms with van der Waals surface area (Å²) in [6.07, 6.45) is 11.3. The van der Waals surface area contributed by atoms with Crippen LogP contribution >= 0.6 is 0 Å². The van der Waals surface area contributed by atoms with Gasteiger partial charge in [-0.25, -0.2) is 4.99 Å². The zero-order chi connectivity index (χ0) is 22.9. The van der Waals surface area contributed by atoms with Crippen LogP contribution in [0.4, 0.5) is 0 Å². The molecule has 1 aromatic carbocycles. The molecule has 0 bridgehead atoms. The SMILES string of the molecule is Cc1ccc(C2=NC(N3CCC(N)CC3)N(C)C=C2C2=CC=C(OCC3CC3)N(C)C2)cc1. The number of hydrogen-bond donors (Lipinski definition) is 1. The molecule has 6 heteroatoms. The summed E-state index contributed by atoms with van der Waals surface area (Å²) in [6.45, 7) is 5.75. The molecule has 4 aliphatic rings. The van der Waals surface area contributed by atoms with Gasteiger partial charge in [0.2, 0.25) is 0 Å². The van der Waals surface area contributed by atoms with E-state index in [1.54, 1.807) is 0 Å². The van der Waals surface area contributed by atoms with Gasteiger partial charge in [0.15, 0.2) is 12.2 Å². The molecule has 2 N–H and O–H groups in total. The number of piperidine rings is 1. The molecule has 0 aromatic heterocycles. The quantitative estimate of drug-likeness (QED) is 0.724. The fourth-order valence-corrected chi connectivity index (χ4v) is 4.78. The molecule has 3 heterocycles. The molecule has 0 amide bonds. The monoisotopic (exact) mass is 447 g/mol. The maximum absolute atomic E-state index is 6.16. The molecular weight excluding hydrogens is 410 g/mol. The van der Waals surface area contributed by atoms with Crippen molar-refractivity contribution in [2.45, 2.75) is 44.9 Å². The zero-order valence-corrected chi connectivity index (χ0v) is 20.2. The van der Waals surface area contributed by atoms with Crippen LogP contribution in [0, 0.1) is 12.8 Å². The zero-order valence-electron chi connectivity index (χ0n) is 20.2. The Kier molecular flexibility index (Phi) is 6.30. The number of rotatable bonds is 6. The predicted octanol–water partition coefficient (Wildman–Crippen LogP) is 3.46. The van der Waals surface area contributed by atoms with Gasteiger partial charge in [-0.3, -0.25) is 4.90 Å². The molecule has 1 aromatic rings. The highest BCUT2D eigenvalue weighted by molar-refractivity contribution is 6.15. The number of nitrogens with zero attached hydrogens (tertiary/aromatic N) is 4. The normalized spacial score (nSPS) is 24.8. The van der Waals surface area contributed by atoms with Crippen molar-refractivity contribution in [2.24, 2.45) is 16.6 Å². The molecular formula is C27H37N5O. The van der Waals surface area contributed by atoms with Gasteiger partial charge in [0, 0.05) is 57.1 Å². The maximum Gasteiger partial charge on any atom is 0.189 e. The van der Waals surface area contributed by atoms with Crippen LogP contribution in [0.1, 0.15) is 36.8 Å². The number of likely N-dealkylation sites (N-methyl/N-ethyl adjacent to an activating group) is 1. The molecule has 0 spiro atoms. The number of aliphatic imine (C=N–C) groups is 1. The van der Waals surface area contributed by atoms with Gasteiger partial charge in [-0.15, -0.1) is 0 Å². The fraction of sp³-hybridized carbons (Fsp3) is 0.519. The van der Waals surface area contributed by atoms with Gasteiger partial charge in [0.1, 0.15) is 0 Å². The molecule has 1 aliphatic carbocycles. The molecule has 33 heavy (non-hydrogen) atoms. The predicted molar refractivity (Wildman–Crippen MR) is 134 cm³/mol. The number of ether oxygens (including phenoxy) is 1. The van der Waals surface area contributed by atoms with E-state index in [9.17, 15) is 0 Å². The first kappa shape index (κ1) is 22.2. The van der Waals surface area contributed by atoms with E-state index in [1.807, 2.05) is 0 Å². The van der Waals surface area contributed by atoms with Crippen molar-refractivity contribution < 1.29 is 4.74 Å². The van der Waals surface area contributed by atoms with Crippen LogP contribution in [0.5, 0.6) is 0 Å². The van der Waals surface area contributed by atoms with Crippen molar-refractivity contribution in [1.29, 1.82) is 0 Å². The Morgan fingerprint density at radius 2 is 1.76 bits per heavy atom. The van der Waals surface area contributed by atoms with E-state index in [0.717, 1.165) is 56.6 Å². The van der Waals surface area contributed by atoms with Gasteiger partial charge < -0.3 is 20.3 Å². The molecule has 3 aliphatic heterocycles. The number of likely N-dealkylation sites (tertiary alicyclic amines) is 1.